The molecule has 0 spiro atoms. The molecule has 2 atom stereocenters. The first-order valence-corrected chi connectivity index (χ1v) is 6.31. The van der Waals surface area contributed by atoms with Gasteiger partial charge in [0.25, 0.3) is 0 Å². The number of carbonyl (C=O) groups is 1. The average molecular weight is 258 g/mol. The maximum absolute atomic E-state index is 11.6. The molecule has 0 aliphatic carbocycles. The predicted octanol–water partition coefficient (Wildman–Crippen LogP) is 2.92. The van der Waals surface area contributed by atoms with Gasteiger partial charge in [0.1, 0.15) is 5.82 Å². The fraction of sp³-hybridized carbons (Fsp3) is 0.333. The van der Waals surface area contributed by atoms with Gasteiger partial charge in [-0.05, 0) is 13.8 Å². The summed E-state index contributed by atoms with van der Waals surface area (Å²) in [4.78, 5) is 16.0. The SMILES string of the molecule is COC(=O)C(C)C(C)n1ccnc1-c1ccccc1. The molecule has 19 heavy (non-hydrogen) atoms. The van der Waals surface area contributed by atoms with Gasteiger partial charge in [-0.2, -0.15) is 0 Å². The maximum atomic E-state index is 11.6. The molecule has 100 valence electrons. The lowest BCUT2D eigenvalue weighted by Crippen LogP contribution is -2.23. The average Bonchev–Trinajstić information content (AvgIpc) is 2.95. The third kappa shape index (κ3) is 2.67. The highest BCUT2D eigenvalue weighted by molar-refractivity contribution is 5.72. The number of carbonyl (C=O) groups excluding carboxylic acids is 1. The van der Waals surface area contributed by atoms with Crippen LogP contribution in [0.25, 0.3) is 11.4 Å². The normalized spacial score (nSPS) is 13.8. The second kappa shape index (κ2) is 5.69. The van der Waals surface area contributed by atoms with E-state index in [1.54, 1.807) is 6.20 Å². The van der Waals surface area contributed by atoms with Crippen molar-refractivity contribution in [1.29, 1.82) is 0 Å². The first kappa shape index (κ1) is 13.3. The number of imidazole rings is 1. The molecule has 0 bridgehead atoms. The van der Waals surface area contributed by atoms with Crippen molar-refractivity contribution in [3.8, 4) is 11.4 Å². The Labute approximate surface area is 113 Å². The molecule has 4 heteroatoms. The molecule has 0 aliphatic rings. The number of hydrogen-bond donors (Lipinski definition) is 0. The Hall–Kier alpha value is -2.10. The molecule has 4 nitrogen and oxygen atoms in total. The van der Waals surface area contributed by atoms with Crippen molar-refractivity contribution in [1.82, 2.24) is 9.55 Å². The molecule has 1 aromatic carbocycles. The quantitative estimate of drug-likeness (QED) is 0.792. The summed E-state index contributed by atoms with van der Waals surface area (Å²) in [6.45, 7) is 3.86. The molecule has 0 saturated carbocycles. The van der Waals surface area contributed by atoms with Crippen molar-refractivity contribution in [2.24, 2.45) is 5.92 Å². The summed E-state index contributed by atoms with van der Waals surface area (Å²) in [5.74, 6) is 0.436. The topological polar surface area (TPSA) is 44.1 Å². The minimum absolute atomic E-state index is 0.00911. The van der Waals surface area contributed by atoms with E-state index in [9.17, 15) is 4.79 Å². The maximum Gasteiger partial charge on any atom is 0.310 e. The molecule has 0 N–H and O–H groups in total. The van der Waals surface area contributed by atoms with Crippen molar-refractivity contribution in [3.63, 3.8) is 0 Å². The van der Waals surface area contributed by atoms with E-state index in [2.05, 4.69) is 4.98 Å². The number of rotatable bonds is 4. The van der Waals surface area contributed by atoms with Crippen LogP contribution in [0.5, 0.6) is 0 Å². The Balaban J connectivity index is 2.32. The molecule has 0 aliphatic heterocycles. The minimum Gasteiger partial charge on any atom is -0.469 e. The Morgan fingerprint density at radius 2 is 1.95 bits per heavy atom. The lowest BCUT2D eigenvalue weighted by Gasteiger charge is -2.21. The van der Waals surface area contributed by atoms with Gasteiger partial charge in [-0.15, -0.1) is 0 Å². The van der Waals surface area contributed by atoms with E-state index in [1.807, 2.05) is 54.9 Å². The molecule has 0 amide bonds. The van der Waals surface area contributed by atoms with E-state index >= 15 is 0 Å². The third-order valence-electron chi connectivity index (χ3n) is 3.44. The van der Waals surface area contributed by atoms with Gasteiger partial charge in [0.05, 0.1) is 13.0 Å². The van der Waals surface area contributed by atoms with E-state index in [-0.39, 0.29) is 17.9 Å². The highest BCUT2D eigenvalue weighted by atomic mass is 16.5. The Morgan fingerprint density at radius 3 is 2.58 bits per heavy atom. The van der Waals surface area contributed by atoms with Gasteiger partial charge < -0.3 is 9.30 Å². The zero-order valence-corrected chi connectivity index (χ0v) is 11.4. The smallest absolute Gasteiger partial charge is 0.310 e. The number of benzene rings is 1. The van der Waals surface area contributed by atoms with Crippen LogP contribution in [-0.4, -0.2) is 22.6 Å². The number of nitrogens with zero attached hydrogens (tertiary/aromatic N) is 2. The summed E-state index contributed by atoms with van der Waals surface area (Å²) in [5.41, 5.74) is 1.04. The van der Waals surface area contributed by atoms with Gasteiger partial charge in [0, 0.05) is 24.0 Å². The fourth-order valence-electron chi connectivity index (χ4n) is 2.08. The number of esters is 1. The van der Waals surface area contributed by atoms with Gasteiger partial charge in [0.15, 0.2) is 0 Å². The van der Waals surface area contributed by atoms with Crippen LogP contribution < -0.4 is 0 Å². The zero-order chi connectivity index (χ0) is 13.8. The van der Waals surface area contributed by atoms with Gasteiger partial charge in [-0.25, -0.2) is 4.98 Å². The molecule has 1 aromatic heterocycles. The van der Waals surface area contributed by atoms with Crippen LogP contribution in [0.4, 0.5) is 0 Å². The van der Waals surface area contributed by atoms with E-state index < -0.39 is 0 Å². The van der Waals surface area contributed by atoms with Crippen molar-refractivity contribution in [3.05, 3.63) is 42.7 Å². The molecule has 2 rings (SSSR count). The molecule has 0 saturated heterocycles. The van der Waals surface area contributed by atoms with Crippen LogP contribution in [-0.2, 0) is 9.53 Å². The second-order valence-corrected chi connectivity index (χ2v) is 4.58. The molecule has 2 unspecified atom stereocenters. The van der Waals surface area contributed by atoms with Crippen LogP contribution >= 0.6 is 0 Å². The summed E-state index contributed by atoms with van der Waals surface area (Å²) in [6.07, 6.45) is 3.65. The van der Waals surface area contributed by atoms with E-state index in [0.717, 1.165) is 11.4 Å². The Bertz CT molecular complexity index is 548. The van der Waals surface area contributed by atoms with E-state index in [0.29, 0.717) is 0 Å². The highest BCUT2D eigenvalue weighted by Crippen LogP contribution is 2.25. The van der Waals surface area contributed by atoms with Crippen LogP contribution in [0, 0.1) is 5.92 Å². The van der Waals surface area contributed by atoms with E-state index in [4.69, 9.17) is 4.74 Å². The van der Waals surface area contributed by atoms with Gasteiger partial charge in [-0.1, -0.05) is 30.3 Å². The lowest BCUT2D eigenvalue weighted by atomic mass is 10.0. The van der Waals surface area contributed by atoms with Crippen LogP contribution in [0.2, 0.25) is 0 Å². The van der Waals surface area contributed by atoms with Crippen molar-refractivity contribution >= 4 is 5.97 Å². The van der Waals surface area contributed by atoms with Gasteiger partial charge in [0.2, 0.25) is 0 Å². The minimum atomic E-state index is -0.221. The molecule has 0 radical (unpaired) electrons. The monoisotopic (exact) mass is 258 g/mol. The number of ether oxygens (including phenoxy) is 1. The lowest BCUT2D eigenvalue weighted by molar-refractivity contribution is -0.146. The summed E-state index contributed by atoms with van der Waals surface area (Å²) < 4.78 is 6.81. The summed E-state index contributed by atoms with van der Waals surface area (Å²) in [7, 11) is 1.41. The summed E-state index contributed by atoms with van der Waals surface area (Å²) >= 11 is 0. The van der Waals surface area contributed by atoms with Crippen molar-refractivity contribution in [2.45, 2.75) is 19.9 Å². The van der Waals surface area contributed by atoms with Crippen molar-refractivity contribution in [2.75, 3.05) is 7.11 Å². The molecule has 2 aromatic rings. The fourth-order valence-corrected chi connectivity index (χ4v) is 2.08. The number of aromatic nitrogens is 2. The Kier molecular flexibility index (Phi) is 4.00. The standard InChI is InChI=1S/C15H18N2O2/c1-11(15(18)19-3)12(2)17-10-9-16-14(17)13-7-5-4-6-8-13/h4-12H,1-3H3. The molecular formula is C15H18N2O2. The van der Waals surface area contributed by atoms with Crippen LogP contribution in [0.3, 0.4) is 0 Å². The predicted molar refractivity (Wildman–Crippen MR) is 73.6 cm³/mol. The molecule has 0 fully saturated rings. The summed E-state index contributed by atoms with van der Waals surface area (Å²) in [5, 5.41) is 0. The first-order valence-electron chi connectivity index (χ1n) is 6.31. The largest absolute Gasteiger partial charge is 0.469 e. The van der Waals surface area contributed by atoms with Gasteiger partial charge in [-0.3, -0.25) is 4.79 Å². The van der Waals surface area contributed by atoms with Crippen LogP contribution in [0.15, 0.2) is 42.7 Å². The molecular weight excluding hydrogens is 240 g/mol. The number of methoxy groups -OCH3 is 1. The third-order valence-corrected chi connectivity index (χ3v) is 3.44. The second-order valence-electron chi connectivity index (χ2n) is 4.58. The van der Waals surface area contributed by atoms with Crippen LogP contribution in [0.1, 0.15) is 19.9 Å². The number of hydrogen-bond acceptors (Lipinski definition) is 3. The molecule has 1 heterocycles. The highest BCUT2D eigenvalue weighted by Gasteiger charge is 2.24. The van der Waals surface area contributed by atoms with E-state index in [1.165, 1.54) is 7.11 Å². The van der Waals surface area contributed by atoms with Crippen molar-refractivity contribution < 1.29 is 9.53 Å². The summed E-state index contributed by atoms with van der Waals surface area (Å²) in [6, 6.07) is 9.93. The first-order chi connectivity index (χ1) is 9.15. The Morgan fingerprint density at radius 1 is 1.26 bits per heavy atom. The zero-order valence-electron chi connectivity index (χ0n) is 11.4. The van der Waals surface area contributed by atoms with Gasteiger partial charge >= 0.3 is 5.97 Å².